The molecular weight excluding hydrogens is 206 g/mol. The van der Waals surface area contributed by atoms with Gasteiger partial charge in [-0.15, -0.1) is 0 Å². The zero-order chi connectivity index (χ0) is 10.7. The summed E-state index contributed by atoms with van der Waals surface area (Å²) in [5.41, 5.74) is 7.57. The molecule has 1 nitrogen and oxygen atoms in total. The van der Waals surface area contributed by atoms with Gasteiger partial charge in [0, 0.05) is 10.6 Å². The number of rotatable bonds is 2. The third-order valence-electron chi connectivity index (χ3n) is 2.97. The molecule has 0 fully saturated rings. The molecule has 0 saturated heterocycles. The van der Waals surface area contributed by atoms with Crippen LogP contribution in [0.25, 0.3) is 0 Å². The van der Waals surface area contributed by atoms with Crippen LogP contribution in [0.5, 0.6) is 0 Å². The van der Waals surface area contributed by atoms with Crippen molar-refractivity contribution < 1.29 is 0 Å². The van der Waals surface area contributed by atoms with Crippen molar-refractivity contribution in [2.45, 2.75) is 31.2 Å². The lowest BCUT2D eigenvalue weighted by Gasteiger charge is -2.30. The number of nitrogens with two attached hydrogens (primary N) is 1. The Morgan fingerprint density at radius 1 is 1.20 bits per heavy atom. The Bertz CT molecular complexity index is 355. The Kier molecular flexibility index (Phi) is 3.13. The summed E-state index contributed by atoms with van der Waals surface area (Å²) in [4.78, 5) is 0. The van der Waals surface area contributed by atoms with Gasteiger partial charge in [-0.2, -0.15) is 0 Å². The summed E-state index contributed by atoms with van der Waals surface area (Å²) in [6.07, 6.45) is 8.51. The Balaban J connectivity index is 2.07. The minimum atomic E-state index is -0.0530. The number of allylic oxidation sites excluding steroid dienone is 1. The zero-order valence-electron chi connectivity index (χ0n) is 8.75. The van der Waals surface area contributed by atoms with Crippen molar-refractivity contribution >= 4 is 11.6 Å². The van der Waals surface area contributed by atoms with Gasteiger partial charge in [0.2, 0.25) is 0 Å². The second-order valence-electron chi connectivity index (χ2n) is 4.38. The van der Waals surface area contributed by atoms with Gasteiger partial charge < -0.3 is 5.73 Å². The van der Waals surface area contributed by atoms with Gasteiger partial charge in [-0.1, -0.05) is 35.9 Å². The summed E-state index contributed by atoms with van der Waals surface area (Å²) >= 11 is 5.85. The maximum Gasteiger partial charge on any atom is 0.0406 e. The van der Waals surface area contributed by atoms with Gasteiger partial charge in [-0.25, -0.2) is 0 Å². The smallest absolute Gasteiger partial charge is 0.0406 e. The summed E-state index contributed by atoms with van der Waals surface area (Å²) < 4.78 is 0. The van der Waals surface area contributed by atoms with Gasteiger partial charge in [0.15, 0.2) is 0 Å². The van der Waals surface area contributed by atoms with Crippen molar-refractivity contribution in [3.8, 4) is 0 Å². The van der Waals surface area contributed by atoms with Crippen LogP contribution in [0.2, 0.25) is 5.02 Å². The number of hydrogen-bond donors (Lipinski definition) is 1. The summed E-state index contributed by atoms with van der Waals surface area (Å²) in [6.45, 7) is 0. The van der Waals surface area contributed by atoms with Crippen molar-refractivity contribution in [1.82, 2.24) is 0 Å². The van der Waals surface area contributed by atoms with Crippen molar-refractivity contribution in [3.63, 3.8) is 0 Å². The maximum absolute atomic E-state index is 6.34. The molecule has 2 N–H and O–H groups in total. The third kappa shape index (κ3) is 2.83. The number of benzene rings is 1. The molecule has 0 aromatic heterocycles. The summed E-state index contributed by atoms with van der Waals surface area (Å²) in [5.74, 6) is 0. The predicted molar refractivity (Wildman–Crippen MR) is 65.1 cm³/mol. The zero-order valence-corrected chi connectivity index (χ0v) is 9.50. The first-order valence-electron chi connectivity index (χ1n) is 5.36. The van der Waals surface area contributed by atoms with E-state index in [1.165, 1.54) is 5.56 Å². The van der Waals surface area contributed by atoms with Crippen LogP contribution in [0, 0.1) is 0 Å². The fraction of sp³-hybridized carbons (Fsp3) is 0.385. The molecule has 0 spiro atoms. The molecule has 2 heteroatoms. The molecule has 1 unspecified atom stereocenters. The van der Waals surface area contributed by atoms with E-state index in [1.54, 1.807) is 0 Å². The molecule has 15 heavy (non-hydrogen) atoms. The van der Waals surface area contributed by atoms with Gasteiger partial charge in [-0.05, 0) is 43.4 Å². The van der Waals surface area contributed by atoms with Crippen LogP contribution in [-0.2, 0) is 6.42 Å². The van der Waals surface area contributed by atoms with Crippen LogP contribution in [0.15, 0.2) is 36.4 Å². The molecular formula is C13H16ClN. The topological polar surface area (TPSA) is 26.0 Å². The molecule has 0 radical (unpaired) electrons. The molecule has 0 heterocycles. The van der Waals surface area contributed by atoms with E-state index in [0.29, 0.717) is 0 Å². The van der Waals surface area contributed by atoms with Crippen LogP contribution >= 0.6 is 11.6 Å². The SMILES string of the molecule is NC1(Cc2ccc(Cl)cc2)CC=CCC1. The Morgan fingerprint density at radius 3 is 2.53 bits per heavy atom. The minimum absolute atomic E-state index is 0.0530. The van der Waals surface area contributed by atoms with E-state index >= 15 is 0 Å². The van der Waals surface area contributed by atoms with Gasteiger partial charge in [0.1, 0.15) is 0 Å². The van der Waals surface area contributed by atoms with E-state index in [2.05, 4.69) is 24.3 Å². The quantitative estimate of drug-likeness (QED) is 0.762. The first-order valence-corrected chi connectivity index (χ1v) is 5.74. The van der Waals surface area contributed by atoms with Crippen molar-refractivity contribution in [1.29, 1.82) is 0 Å². The molecule has 0 amide bonds. The van der Waals surface area contributed by atoms with E-state index in [0.717, 1.165) is 30.7 Å². The average molecular weight is 222 g/mol. The standard InChI is InChI=1S/C13H16ClN/c14-12-6-4-11(5-7-12)10-13(15)8-2-1-3-9-13/h1-2,4-7H,3,8-10,15H2. The van der Waals surface area contributed by atoms with Crippen LogP contribution in [-0.4, -0.2) is 5.54 Å². The van der Waals surface area contributed by atoms with E-state index in [1.807, 2.05) is 12.1 Å². The Morgan fingerprint density at radius 2 is 1.93 bits per heavy atom. The summed E-state index contributed by atoms with van der Waals surface area (Å²) in [6, 6.07) is 7.99. The van der Waals surface area contributed by atoms with E-state index in [4.69, 9.17) is 17.3 Å². The first kappa shape index (κ1) is 10.7. The van der Waals surface area contributed by atoms with Crippen LogP contribution in [0.3, 0.4) is 0 Å². The second-order valence-corrected chi connectivity index (χ2v) is 4.82. The summed E-state index contributed by atoms with van der Waals surface area (Å²) in [7, 11) is 0. The first-order chi connectivity index (χ1) is 7.18. The van der Waals surface area contributed by atoms with E-state index in [9.17, 15) is 0 Å². The van der Waals surface area contributed by atoms with Gasteiger partial charge >= 0.3 is 0 Å². The van der Waals surface area contributed by atoms with Gasteiger partial charge in [0.05, 0.1) is 0 Å². The molecule has 0 saturated carbocycles. The lowest BCUT2D eigenvalue weighted by atomic mass is 9.81. The molecule has 0 bridgehead atoms. The normalized spacial score (nSPS) is 25.5. The van der Waals surface area contributed by atoms with Crippen LogP contribution in [0.4, 0.5) is 0 Å². The fourth-order valence-corrected chi connectivity index (χ4v) is 2.20. The van der Waals surface area contributed by atoms with Gasteiger partial charge in [-0.3, -0.25) is 0 Å². The lowest BCUT2D eigenvalue weighted by molar-refractivity contribution is 0.385. The monoisotopic (exact) mass is 221 g/mol. The molecule has 80 valence electrons. The highest BCUT2D eigenvalue weighted by molar-refractivity contribution is 6.30. The molecule has 1 atom stereocenters. The van der Waals surface area contributed by atoms with Crippen LogP contribution < -0.4 is 5.73 Å². The maximum atomic E-state index is 6.34. The van der Waals surface area contributed by atoms with E-state index in [-0.39, 0.29) is 5.54 Å². The Labute approximate surface area is 95.9 Å². The van der Waals surface area contributed by atoms with Crippen molar-refractivity contribution in [2.24, 2.45) is 5.73 Å². The predicted octanol–water partition coefficient (Wildman–Crippen LogP) is 3.32. The molecule has 0 aliphatic heterocycles. The fourth-order valence-electron chi connectivity index (χ4n) is 2.08. The summed E-state index contributed by atoms with van der Waals surface area (Å²) in [5, 5.41) is 0.786. The molecule has 2 rings (SSSR count). The molecule has 1 aliphatic carbocycles. The molecule has 1 aromatic carbocycles. The average Bonchev–Trinajstić information content (AvgIpc) is 2.22. The molecule has 1 aliphatic rings. The highest BCUT2D eigenvalue weighted by atomic mass is 35.5. The molecule has 1 aromatic rings. The second kappa shape index (κ2) is 4.38. The third-order valence-corrected chi connectivity index (χ3v) is 3.22. The highest BCUT2D eigenvalue weighted by Crippen LogP contribution is 2.25. The van der Waals surface area contributed by atoms with E-state index < -0.39 is 0 Å². The number of hydrogen-bond acceptors (Lipinski definition) is 1. The highest BCUT2D eigenvalue weighted by Gasteiger charge is 2.25. The minimum Gasteiger partial charge on any atom is -0.325 e. The van der Waals surface area contributed by atoms with Crippen molar-refractivity contribution in [3.05, 3.63) is 47.0 Å². The van der Waals surface area contributed by atoms with Gasteiger partial charge in [0.25, 0.3) is 0 Å². The Hall–Kier alpha value is -0.790. The largest absolute Gasteiger partial charge is 0.325 e. The van der Waals surface area contributed by atoms with Crippen molar-refractivity contribution in [2.75, 3.05) is 0 Å². The number of halogens is 1. The van der Waals surface area contributed by atoms with Crippen LogP contribution in [0.1, 0.15) is 24.8 Å². The lowest BCUT2D eigenvalue weighted by Crippen LogP contribution is -2.42.